The molecule has 1 atom stereocenters. The fraction of sp³-hybridized carbons (Fsp3) is 0.294. The van der Waals surface area contributed by atoms with Crippen molar-refractivity contribution in [3.8, 4) is 0 Å². The molecule has 1 aliphatic carbocycles. The molecular formula is C17H19NO. The third-order valence-electron chi connectivity index (χ3n) is 3.82. The number of fused-ring (bicyclic) bond motifs is 1. The molecule has 0 aliphatic heterocycles. The van der Waals surface area contributed by atoms with Crippen LogP contribution in [0.3, 0.4) is 0 Å². The van der Waals surface area contributed by atoms with Crippen LogP contribution < -0.4 is 5.32 Å². The fourth-order valence-corrected chi connectivity index (χ4v) is 2.87. The maximum Gasteiger partial charge on any atom is 0.0781 e. The molecule has 0 bridgehead atoms. The van der Waals surface area contributed by atoms with Gasteiger partial charge in [-0.1, -0.05) is 42.5 Å². The summed E-state index contributed by atoms with van der Waals surface area (Å²) in [5.74, 6) is 0. The number of benzene rings is 2. The first-order chi connectivity index (χ1) is 9.24. The number of rotatable bonds is 3. The van der Waals surface area contributed by atoms with Gasteiger partial charge < -0.3 is 10.4 Å². The maximum absolute atomic E-state index is 9.81. The molecule has 98 valence electrons. The lowest BCUT2D eigenvalue weighted by Crippen LogP contribution is -2.20. The van der Waals surface area contributed by atoms with Crippen LogP contribution >= 0.6 is 0 Å². The van der Waals surface area contributed by atoms with Crippen LogP contribution in [0.15, 0.2) is 48.5 Å². The Bertz CT molecular complexity index is 552. The Morgan fingerprint density at radius 2 is 1.58 bits per heavy atom. The summed E-state index contributed by atoms with van der Waals surface area (Å²) < 4.78 is 0. The first kappa shape index (κ1) is 12.2. The molecule has 0 saturated heterocycles. The number of aliphatic hydroxyl groups is 1. The van der Waals surface area contributed by atoms with E-state index in [1.54, 1.807) is 0 Å². The van der Waals surface area contributed by atoms with Gasteiger partial charge in [0.15, 0.2) is 0 Å². The Kier molecular flexibility index (Phi) is 3.26. The molecule has 0 heterocycles. The van der Waals surface area contributed by atoms with E-state index in [4.69, 9.17) is 0 Å². The van der Waals surface area contributed by atoms with Crippen LogP contribution in [0.25, 0.3) is 0 Å². The second kappa shape index (κ2) is 5.06. The summed E-state index contributed by atoms with van der Waals surface area (Å²) in [7, 11) is 0. The predicted molar refractivity (Wildman–Crippen MR) is 78.3 cm³/mol. The van der Waals surface area contributed by atoms with Gasteiger partial charge in [0.25, 0.3) is 0 Å². The van der Waals surface area contributed by atoms with Crippen LogP contribution in [0.1, 0.15) is 29.7 Å². The van der Waals surface area contributed by atoms with E-state index in [9.17, 15) is 5.11 Å². The zero-order valence-corrected chi connectivity index (χ0v) is 11.1. The molecule has 0 radical (unpaired) electrons. The molecule has 19 heavy (non-hydrogen) atoms. The van der Waals surface area contributed by atoms with Gasteiger partial charge in [-0.15, -0.1) is 0 Å². The molecule has 2 aromatic carbocycles. The molecule has 0 fully saturated rings. The smallest absolute Gasteiger partial charge is 0.0781 e. The summed E-state index contributed by atoms with van der Waals surface area (Å²) in [5.41, 5.74) is 4.90. The van der Waals surface area contributed by atoms with Crippen LogP contribution in [-0.2, 0) is 12.8 Å². The normalized spacial score (nSPS) is 16.1. The van der Waals surface area contributed by atoms with Gasteiger partial charge in [0.2, 0.25) is 0 Å². The van der Waals surface area contributed by atoms with Gasteiger partial charge in [-0.05, 0) is 37.0 Å². The average Bonchev–Trinajstić information content (AvgIpc) is 2.81. The largest absolute Gasteiger partial charge is 0.389 e. The van der Waals surface area contributed by atoms with E-state index in [0.717, 1.165) is 24.1 Å². The Balaban J connectivity index is 1.78. The van der Waals surface area contributed by atoms with Crippen LogP contribution in [-0.4, -0.2) is 11.1 Å². The number of aliphatic hydroxyl groups excluding tert-OH is 1. The average molecular weight is 253 g/mol. The van der Waals surface area contributed by atoms with Crippen molar-refractivity contribution in [3.63, 3.8) is 0 Å². The molecule has 0 saturated carbocycles. The Labute approximate surface area is 114 Å². The van der Waals surface area contributed by atoms with Crippen LogP contribution in [0.5, 0.6) is 0 Å². The van der Waals surface area contributed by atoms with E-state index in [2.05, 4.69) is 29.6 Å². The highest BCUT2D eigenvalue weighted by molar-refractivity contribution is 5.54. The zero-order valence-electron chi connectivity index (χ0n) is 11.1. The molecule has 1 aliphatic rings. The summed E-state index contributed by atoms with van der Waals surface area (Å²) in [6.07, 6.45) is 1.68. The van der Waals surface area contributed by atoms with Gasteiger partial charge in [-0.3, -0.25) is 0 Å². The molecule has 1 unspecified atom stereocenters. The third kappa shape index (κ3) is 2.49. The van der Waals surface area contributed by atoms with E-state index < -0.39 is 6.10 Å². The van der Waals surface area contributed by atoms with Gasteiger partial charge in [0.1, 0.15) is 0 Å². The highest BCUT2D eigenvalue weighted by Gasteiger charge is 2.21. The van der Waals surface area contributed by atoms with Crippen molar-refractivity contribution in [3.05, 3.63) is 65.2 Å². The molecule has 2 N–H and O–H groups in total. The first-order valence-corrected chi connectivity index (χ1v) is 6.84. The van der Waals surface area contributed by atoms with Crippen molar-refractivity contribution >= 4 is 5.69 Å². The molecule has 0 amide bonds. The Hall–Kier alpha value is -1.80. The van der Waals surface area contributed by atoms with E-state index >= 15 is 0 Å². The van der Waals surface area contributed by atoms with E-state index in [-0.39, 0.29) is 0 Å². The fourth-order valence-electron chi connectivity index (χ4n) is 2.87. The van der Waals surface area contributed by atoms with Gasteiger partial charge in [-0.2, -0.15) is 0 Å². The van der Waals surface area contributed by atoms with Gasteiger partial charge in [0.05, 0.1) is 6.10 Å². The van der Waals surface area contributed by atoms with Crippen LogP contribution in [0, 0.1) is 0 Å². The molecule has 0 spiro atoms. The van der Waals surface area contributed by atoms with Gasteiger partial charge in [0, 0.05) is 17.3 Å². The monoisotopic (exact) mass is 253 g/mol. The summed E-state index contributed by atoms with van der Waals surface area (Å²) in [6.45, 7) is 1.81. The lowest BCUT2D eigenvalue weighted by atomic mass is 10.1. The summed E-state index contributed by atoms with van der Waals surface area (Å²) in [4.78, 5) is 0. The van der Waals surface area contributed by atoms with E-state index in [1.807, 2.05) is 31.2 Å². The molecule has 2 heteroatoms. The van der Waals surface area contributed by atoms with Crippen molar-refractivity contribution in [2.45, 2.75) is 31.9 Å². The summed E-state index contributed by atoms with van der Waals surface area (Å²) in [6, 6.07) is 17.1. The minimum Gasteiger partial charge on any atom is -0.389 e. The van der Waals surface area contributed by atoms with Crippen molar-refractivity contribution in [2.75, 3.05) is 5.32 Å². The van der Waals surface area contributed by atoms with Crippen molar-refractivity contribution in [1.82, 2.24) is 0 Å². The lowest BCUT2D eigenvalue weighted by molar-refractivity contribution is 0.200. The standard InChI is InChI=1S/C17H19NO/c1-12(19)16-8-4-5-9-17(16)18-15-10-13-6-2-3-7-14(13)11-15/h2-9,12,15,18-19H,10-11H2,1H3. The zero-order chi connectivity index (χ0) is 13.2. The lowest BCUT2D eigenvalue weighted by Gasteiger charge is -2.18. The van der Waals surface area contributed by atoms with Crippen molar-refractivity contribution in [2.24, 2.45) is 0 Å². The van der Waals surface area contributed by atoms with E-state index in [0.29, 0.717) is 6.04 Å². The number of para-hydroxylation sites is 1. The quantitative estimate of drug-likeness (QED) is 0.879. The van der Waals surface area contributed by atoms with Crippen LogP contribution in [0.2, 0.25) is 0 Å². The molecule has 3 rings (SSSR count). The Morgan fingerprint density at radius 3 is 2.21 bits per heavy atom. The van der Waals surface area contributed by atoms with Crippen LogP contribution in [0.4, 0.5) is 5.69 Å². The predicted octanol–water partition coefficient (Wildman–Crippen LogP) is 3.32. The van der Waals surface area contributed by atoms with E-state index in [1.165, 1.54) is 11.1 Å². The number of hydrogen-bond donors (Lipinski definition) is 2. The minimum atomic E-state index is -0.438. The molecular weight excluding hydrogens is 234 g/mol. The highest BCUT2D eigenvalue weighted by Crippen LogP contribution is 2.28. The minimum absolute atomic E-state index is 0.428. The van der Waals surface area contributed by atoms with Crippen molar-refractivity contribution in [1.29, 1.82) is 0 Å². The highest BCUT2D eigenvalue weighted by atomic mass is 16.3. The maximum atomic E-state index is 9.81. The second-order valence-corrected chi connectivity index (χ2v) is 5.28. The molecule has 2 nitrogen and oxygen atoms in total. The first-order valence-electron chi connectivity index (χ1n) is 6.84. The second-order valence-electron chi connectivity index (χ2n) is 5.28. The number of anilines is 1. The molecule has 0 aromatic heterocycles. The number of nitrogens with one attached hydrogen (secondary N) is 1. The molecule has 2 aromatic rings. The topological polar surface area (TPSA) is 32.3 Å². The SMILES string of the molecule is CC(O)c1ccccc1NC1Cc2ccccc2C1. The third-order valence-corrected chi connectivity index (χ3v) is 3.82. The van der Waals surface area contributed by atoms with Gasteiger partial charge >= 0.3 is 0 Å². The summed E-state index contributed by atoms with van der Waals surface area (Å²) in [5, 5.41) is 13.4. The number of hydrogen-bond acceptors (Lipinski definition) is 2. The van der Waals surface area contributed by atoms with Crippen molar-refractivity contribution < 1.29 is 5.11 Å². The Morgan fingerprint density at radius 1 is 1.00 bits per heavy atom. The summed E-state index contributed by atoms with van der Waals surface area (Å²) >= 11 is 0. The van der Waals surface area contributed by atoms with Gasteiger partial charge in [-0.25, -0.2) is 0 Å².